The van der Waals surface area contributed by atoms with Crippen LogP contribution in [-0.4, -0.2) is 48.5 Å². The lowest BCUT2D eigenvalue weighted by Gasteiger charge is -2.37. The molecule has 172 valence electrons. The van der Waals surface area contributed by atoms with Gasteiger partial charge in [-0.15, -0.1) is 0 Å². The molecule has 2 heterocycles. The zero-order chi connectivity index (χ0) is 22.9. The van der Waals surface area contributed by atoms with Gasteiger partial charge >= 0.3 is 0 Å². The monoisotopic (exact) mass is 446 g/mol. The summed E-state index contributed by atoms with van der Waals surface area (Å²) in [4.78, 5) is 0. The molecule has 3 aromatic rings. The van der Waals surface area contributed by atoms with E-state index in [0.29, 0.717) is 6.61 Å². The summed E-state index contributed by atoms with van der Waals surface area (Å²) < 4.78 is 24.7. The first-order valence-electron chi connectivity index (χ1n) is 11.5. The van der Waals surface area contributed by atoms with Crippen LogP contribution >= 0.6 is 0 Å². The summed E-state index contributed by atoms with van der Waals surface area (Å²) in [6.07, 6.45) is -2.10. The number of fused-ring (bicyclic) bond motifs is 1. The van der Waals surface area contributed by atoms with Crippen LogP contribution in [0.4, 0.5) is 0 Å². The van der Waals surface area contributed by atoms with E-state index in [2.05, 4.69) is 36.4 Å². The van der Waals surface area contributed by atoms with Gasteiger partial charge in [0.1, 0.15) is 30.0 Å². The fourth-order valence-electron chi connectivity index (χ4n) is 4.85. The average molecular weight is 447 g/mol. The SMILES string of the molecule is CC1(C)OC[C@@H]2O[C@H](COC(c3ccccc3)(c3ccccc3)c3ccccc3)[C@H](O)[C@@H]2O1. The molecule has 5 nitrogen and oxygen atoms in total. The summed E-state index contributed by atoms with van der Waals surface area (Å²) in [7, 11) is 0. The molecule has 0 aromatic heterocycles. The van der Waals surface area contributed by atoms with Crippen molar-refractivity contribution in [1.82, 2.24) is 0 Å². The quantitative estimate of drug-likeness (QED) is 0.573. The third-order valence-electron chi connectivity index (χ3n) is 6.45. The number of rotatable bonds is 6. The lowest BCUT2D eigenvalue weighted by Crippen LogP contribution is -2.50. The van der Waals surface area contributed by atoms with Gasteiger partial charge in [-0.3, -0.25) is 0 Å². The Kier molecular flexibility index (Phi) is 6.08. The van der Waals surface area contributed by atoms with Crippen molar-refractivity contribution in [2.45, 2.75) is 49.7 Å². The lowest BCUT2D eigenvalue weighted by molar-refractivity contribution is -0.300. The first-order chi connectivity index (χ1) is 16.0. The van der Waals surface area contributed by atoms with Crippen molar-refractivity contribution in [1.29, 1.82) is 0 Å². The van der Waals surface area contributed by atoms with Crippen molar-refractivity contribution < 1.29 is 24.1 Å². The predicted octanol–water partition coefficient (Wildman–Crippen LogP) is 4.27. The molecular formula is C28H30O5. The van der Waals surface area contributed by atoms with Crippen molar-refractivity contribution in [3.8, 4) is 0 Å². The molecule has 0 aliphatic carbocycles. The highest BCUT2D eigenvalue weighted by Gasteiger charge is 2.51. The molecule has 2 saturated heterocycles. The first kappa shape index (κ1) is 22.3. The summed E-state index contributed by atoms with van der Waals surface area (Å²) in [6, 6.07) is 30.5. The molecule has 3 aromatic carbocycles. The molecule has 2 aliphatic rings. The van der Waals surface area contributed by atoms with Crippen molar-refractivity contribution in [2.75, 3.05) is 13.2 Å². The van der Waals surface area contributed by atoms with Gasteiger partial charge in [0.2, 0.25) is 0 Å². The fourth-order valence-corrected chi connectivity index (χ4v) is 4.85. The molecule has 5 rings (SSSR count). The highest BCUT2D eigenvalue weighted by molar-refractivity contribution is 5.47. The summed E-state index contributed by atoms with van der Waals surface area (Å²) in [5.41, 5.74) is 2.16. The van der Waals surface area contributed by atoms with Crippen LogP contribution in [0.25, 0.3) is 0 Å². The van der Waals surface area contributed by atoms with Crippen LogP contribution in [-0.2, 0) is 24.5 Å². The van der Waals surface area contributed by atoms with Gasteiger partial charge in [0.05, 0.1) is 13.2 Å². The molecular weight excluding hydrogens is 416 g/mol. The summed E-state index contributed by atoms with van der Waals surface area (Å²) >= 11 is 0. The van der Waals surface area contributed by atoms with E-state index in [-0.39, 0.29) is 12.7 Å². The van der Waals surface area contributed by atoms with Gasteiger partial charge < -0.3 is 24.1 Å². The Bertz CT molecular complexity index is 941. The second-order valence-electron chi connectivity index (χ2n) is 9.09. The van der Waals surface area contributed by atoms with E-state index in [1.807, 2.05) is 68.4 Å². The predicted molar refractivity (Wildman–Crippen MR) is 125 cm³/mol. The van der Waals surface area contributed by atoms with Crippen molar-refractivity contribution in [3.63, 3.8) is 0 Å². The summed E-state index contributed by atoms with van der Waals surface area (Å²) in [5, 5.41) is 11.0. The zero-order valence-corrected chi connectivity index (χ0v) is 19.0. The molecule has 0 radical (unpaired) electrons. The van der Waals surface area contributed by atoms with Crippen LogP contribution in [0.2, 0.25) is 0 Å². The van der Waals surface area contributed by atoms with E-state index in [9.17, 15) is 5.11 Å². The number of benzene rings is 3. The van der Waals surface area contributed by atoms with Gasteiger partial charge in [0.15, 0.2) is 5.79 Å². The summed E-state index contributed by atoms with van der Waals surface area (Å²) in [5.74, 6) is -0.747. The molecule has 0 bridgehead atoms. The smallest absolute Gasteiger partial charge is 0.163 e. The Morgan fingerprint density at radius 2 is 1.33 bits per heavy atom. The number of ether oxygens (including phenoxy) is 4. The third-order valence-corrected chi connectivity index (χ3v) is 6.45. The van der Waals surface area contributed by atoms with Crippen LogP contribution < -0.4 is 0 Å². The molecule has 33 heavy (non-hydrogen) atoms. The Morgan fingerprint density at radius 1 is 0.848 bits per heavy atom. The molecule has 0 unspecified atom stereocenters. The normalized spacial score (nSPS) is 26.6. The minimum atomic E-state index is -0.864. The van der Waals surface area contributed by atoms with Gasteiger partial charge in [0, 0.05) is 0 Å². The molecule has 2 aliphatic heterocycles. The van der Waals surface area contributed by atoms with Crippen molar-refractivity contribution in [2.24, 2.45) is 0 Å². The van der Waals surface area contributed by atoms with Crippen LogP contribution in [0.3, 0.4) is 0 Å². The third kappa shape index (κ3) is 4.23. The molecule has 0 spiro atoms. The molecule has 5 heteroatoms. The maximum atomic E-state index is 11.0. The second kappa shape index (κ2) is 9.01. The Morgan fingerprint density at radius 3 is 1.82 bits per heavy atom. The minimum absolute atomic E-state index is 0.191. The van der Waals surface area contributed by atoms with Crippen molar-refractivity contribution in [3.05, 3.63) is 108 Å². The molecule has 0 saturated carbocycles. The van der Waals surface area contributed by atoms with E-state index in [0.717, 1.165) is 16.7 Å². The van der Waals surface area contributed by atoms with Gasteiger partial charge in [-0.2, -0.15) is 0 Å². The van der Waals surface area contributed by atoms with Gasteiger partial charge in [0.25, 0.3) is 0 Å². The van der Waals surface area contributed by atoms with E-state index in [1.54, 1.807) is 0 Å². The molecule has 2 fully saturated rings. The summed E-state index contributed by atoms with van der Waals surface area (Å²) in [6.45, 7) is 4.28. The van der Waals surface area contributed by atoms with Crippen LogP contribution in [0.5, 0.6) is 0 Å². The average Bonchev–Trinajstić information content (AvgIpc) is 3.15. The number of hydrogen-bond acceptors (Lipinski definition) is 5. The van der Waals surface area contributed by atoms with E-state index >= 15 is 0 Å². The van der Waals surface area contributed by atoms with Gasteiger partial charge in [-0.1, -0.05) is 91.0 Å². The molecule has 4 atom stereocenters. The Labute approximate surface area is 194 Å². The van der Waals surface area contributed by atoms with Crippen LogP contribution in [0, 0.1) is 0 Å². The highest BCUT2D eigenvalue weighted by atomic mass is 16.7. The largest absolute Gasteiger partial charge is 0.387 e. The highest BCUT2D eigenvalue weighted by Crippen LogP contribution is 2.42. The van der Waals surface area contributed by atoms with Gasteiger partial charge in [-0.05, 0) is 30.5 Å². The fraction of sp³-hybridized carbons (Fsp3) is 0.357. The van der Waals surface area contributed by atoms with E-state index in [4.69, 9.17) is 18.9 Å². The van der Waals surface area contributed by atoms with Crippen LogP contribution in [0.15, 0.2) is 91.0 Å². The molecule has 0 amide bonds. The second-order valence-corrected chi connectivity index (χ2v) is 9.09. The maximum Gasteiger partial charge on any atom is 0.163 e. The topological polar surface area (TPSA) is 57.2 Å². The van der Waals surface area contributed by atoms with E-state index in [1.165, 1.54) is 0 Å². The Balaban J connectivity index is 1.51. The number of hydrogen-bond donors (Lipinski definition) is 1. The standard InChI is InChI=1S/C28H30O5/c1-27(2)30-19-24-26(33-27)25(29)23(32-24)18-31-28(20-12-6-3-7-13-20,21-14-8-4-9-15-21)22-16-10-5-11-17-22/h3-17,23-26,29H,18-19H2,1-2H3/t23-,24+,25+,26-/m1/s1. The lowest BCUT2D eigenvalue weighted by atomic mass is 9.80. The van der Waals surface area contributed by atoms with Gasteiger partial charge in [-0.25, -0.2) is 0 Å². The minimum Gasteiger partial charge on any atom is -0.387 e. The van der Waals surface area contributed by atoms with Crippen molar-refractivity contribution >= 4 is 0 Å². The van der Waals surface area contributed by atoms with Crippen LogP contribution in [0.1, 0.15) is 30.5 Å². The zero-order valence-electron chi connectivity index (χ0n) is 19.0. The molecule has 1 N–H and O–H groups in total. The van der Waals surface area contributed by atoms with E-state index < -0.39 is 29.7 Å². The number of aliphatic hydroxyl groups excluding tert-OH is 1. The maximum absolute atomic E-state index is 11.0. The number of aliphatic hydroxyl groups is 1. The Hall–Kier alpha value is -2.54. The first-order valence-corrected chi connectivity index (χ1v) is 11.5.